The van der Waals surface area contributed by atoms with Crippen LogP contribution in [0.3, 0.4) is 0 Å². The van der Waals surface area contributed by atoms with Crippen LogP contribution in [-0.4, -0.2) is 35.4 Å². The summed E-state index contributed by atoms with van der Waals surface area (Å²) in [6.45, 7) is 2.51. The third kappa shape index (κ3) is 3.99. The minimum atomic E-state index is -0.172. The van der Waals surface area contributed by atoms with Crippen LogP contribution < -0.4 is 5.32 Å². The van der Waals surface area contributed by atoms with Crippen molar-refractivity contribution in [2.24, 2.45) is 0 Å². The molecule has 0 bridgehead atoms. The van der Waals surface area contributed by atoms with E-state index in [1.807, 2.05) is 30.3 Å². The van der Waals surface area contributed by atoms with Crippen molar-refractivity contribution in [1.82, 2.24) is 15.2 Å². The molecule has 1 saturated heterocycles. The quantitative estimate of drug-likeness (QED) is 0.707. The van der Waals surface area contributed by atoms with Gasteiger partial charge in [0.25, 0.3) is 5.91 Å². The predicted molar refractivity (Wildman–Crippen MR) is 106 cm³/mol. The normalized spacial score (nSPS) is 16.3. The van der Waals surface area contributed by atoms with Crippen LogP contribution in [-0.2, 0) is 0 Å². The van der Waals surface area contributed by atoms with Gasteiger partial charge in [-0.1, -0.05) is 24.1 Å². The molecule has 6 heteroatoms. The summed E-state index contributed by atoms with van der Waals surface area (Å²) in [5.74, 6) is 0.709. The Labute approximate surface area is 163 Å². The highest BCUT2D eigenvalue weighted by atomic mass is 35.5. The maximum atomic E-state index is 12.9. The van der Waals surface area contributed by atoms with Gasteiger partial charge in [-0.05, 0) is 56.3 Å². The summed E-state index contributed by atoms with van der Waals surface area (Å²) in [7, 11) is 0. The van der Waals surface area contributed by atoms with E-state index in [0.29, 0.717) is 22.6 Å². The molecule has 0 saturated carbocycles. The number of carbonyl (C=O) groups is 1. The number of nitrogens with one attached hydrogen (secondary N) is 1. The zero-order chi connectivity index (χ0) is 18.6. The number of hydrogen-bond donors (Lipinski definition) is 1. The second-order valence-electron chi connectivity index (χ2n) is 6.87. The highest BCUT2D eigenvalue weighted by Gasteiger charge is 2.25. The first-order valence-corrected chi connectivity index (χ1v) is 9.70. The van der Waals surface area contributed by atoms with Crippen molar-refractivity contribution in [1.29, 1.82) is 0 Å². The summed E-state index contributed by atoms with van der Waals surface area (Å²) in [5, 5.41) is 4.45. The van der Waals surface area contributed by atoms with Crippen molar-refractivity contribution in [2.45, 2.75) is 25.3 Å². The summed E-state index contributed by atoms with van der Waals surface area (Å²) < 4.78 is 5.65. The van der Waals surface area contributed by atoms with E-state index in [1.54, 1.807) is 18.5 Å². The molecule has 1 atom stereocenters. The van der Waals surface area contributed by atoms with Crippen LogP contribution in [0.1, 0.15) is 41.4 Å². The van der Waals surface area contributed by atoms with E-state index in [2.05, 4.69) is 15.2 Å². The molecule has 1 aliphatic heterocycles. The topological polar surface area (TPSA) is 58.4 Å². The lowest BCUT2D eigenvalue weighted by molar-refractivity contribution is 0.0915. The molecule has 4 rings (SSSR count). The van der Waals surface area contributed by atoms with Gasteiger partial charge in [0.05, 0.1) is 23.4 Å². The molecule has 3 heterocycles. The number of rotatable bonds is 5. The van der Waals surface area contributed by atoms with E-state index >= 15 is 0 Å². The predicted octanol–water partition coefficient (Wildman–Crippen LogP) is 4.44. The number of likely N-dealkylation sites (tertiary alicyclic amines) is 1. The van der Waals surface area contributed by atoms with Crippen molar-refractivity contribution in [3.05, 3.63) is 65.2 Å². The Bertz CT molecular complexity index is 920. The van der Waals surface area contributed by atoms with Gasteiger partial charge < -0.3 is 9.73 Å². The number of hydrogen-bond acceptors (Lipinski definition) is 4. The molecule has 27 heavy (non-hydrogen) atoms. The van der Waals surface area contributed by atoms with E-state index < -0.39 is 0 Å². The monoisotopic (exact) mass is 383 g/mol. The lowest BCUT2D eigenvalue weighted by Crippen LogP contribution is -2.40. The number of furan rings is 1. The average Bonchev–Trinajstić information content (AvgIpc) is 3.22. The van der Waals surface area contributed by atoms with Gasteiger partial charge >= 0.3 is 0 Å². The summed E-state index contributed by atoms with van der Waals surface area (Å²) in [6.07, 6.45) is 6.98. The highest BCUT2D eigenvalue weighted by Crippen LogP contribution is 2.26. The molecule has 1 amide bonds. The molecule has 1 aliphatic rings. The second-order valence-corrected chi connectivity index (χ2v) is 7.30. The Morgan fingerprint density at radius 3 is 2.85 bits per heavy atom. The van der Waals surface area contributed by atoms with Crippen LogP contribution in [0.5, 0.6) is 0 Å². The summed E-state index contributed by atoms with van der Waals surface area (Å²) in [5.41, 5.74) is 1.15. The van der Waals surface area contributed by atoms with Crippen molar-refractivity contribution in [3.8, 4) is 0 Å². The Morgan fingerprint density at radius 2 is 2.07 bits per heavy atom. The summed E-state index contributed by atoms with van der Waals surface area (Å²) in [6, 6.07) is 11.1. The number of piperidine rings is 1. The van der Waals surface area contributed by atoms with Gasteiger partial charge in [0, 0.05) is 23.2 Å². The molecule has 1 fully saturated rings. The lowest BCUT2D eigenvalue weighted by Gasteiger charge is -2.33. The van der Waals surface area contributed by atoms with Crippen molar-refractivity contribution >= 4 is 28.4 Å². The minimum absolute atomic E-state index is 0.0302. The molecule has 140 valence electrons. The highest BCUT2D eigenvalue weighted by molar-refractivity contribution is 6.32. The number of carbonyl (C=O) groups excluding carboxylic acids is 1. The molecule has 3 aromatic rings. The molecule has 1 aromatic carbocycles. The fraction of sp³-hybridized carbons (Fsp3) is 0.333. The third-order valence-electron chi connectivity index (χ3n) is 5.07. The number of halogens is 1. The average molecular weight is 384 g/mol. The first-order chi connectivity index (χ1) is 13.2. The number of amides is 1. The van der Waals surface area contributed by atoms with Crippen molar-refractivity contribution < 1.29 is 9.21 Å². The van der Waals surface area contributed by atoms with Crippen LogP contribution in [0.4, 0.5) is 0 Å². The van der Waals surface area contributed by atoms with Gasteiger partial charge in [0.2, 0.25) is 0 Å². The number of benzene rings is 1. The molecule has 1 N–H and O–H groups in total. The van der Waals surface area contributed by atoms with Gasteiger partial charge in [-0.3, -0.25) is 14.7 Å². The number of fused-ring (bicyclic) bond motifs is 1. The van der Waals surface area contributed by atoms with E-state index in [-0.39, 0.29) is 11.9 Å². The van der Waals surface area contributed by atoms with Crippen LogP contribution >= 0.6 is 11.6 Å². The van der Waals surface area contributed by atoms with Crippen LogP contribution in [0.2, 0.25) is 5.02 Å². The number of pyridine rings is 1. The van der Waals surface area contributed by atoms with Gasteiger partial charge in [-0.2, -0.15) is 0 Å². The van der Waals surface area contributed by atoms with Crippen molar-refractivity contribution in [2.75, 3.05) is 19.6 Å². The third-order valence-corrected chi connectivity index (χ3v) is 5.29. The maximum absolute atomic E-state index is 12.9. The molecular weight excluding hydrogens is 362 g/mol. The Hall–Kier alpha value is -2.37. The SMILES string of the molecule is O=C(NCC(c1ccco1)N1CCCCC1)c1cc(Cl)cc2cccnc12. The largest absolute Gasteiger partial charge is 0.468 e. The molecule has 0 aliphatic carbocycles. The molecule has 2 aromatic heterocycles. The Balaban J connectivity index is 1.55. The number of aromatic nitrogens is 1. The zero-order valence-corrected chi connectivity index (χ0v) is 15.8. The van der Waals surface area contributed by atoms with E-state index in [4.69, 9.17) is 16.0 Å². The van der Waals surface area contributed by atoms with Gasteiger partial charge in [-0.15, -0.1) is 0 Å². The first kappa shape index (κ1) is 18.0. The Kier molecular flexibility index (Phi) is 5.41. The van der Waals surface area contributed by atoms with Crippen molar-refractivity contribution in [3.63, 3.8) is 0 Å². The first-order valence-electron chi connectivity index (χ1n) is 9.32. The fourth-order valence-electron chi connectivity index (χ4n) is 3.73. The maximum Gasteiger partial charge on any atom is 0.253 e. The molecule has 0 radical (unpaired) electrons. The van der Waals surface area contributed by atoms with Crippen LogP contribution in [0, 0.1) is 0 Å². The van der Waals surface area contributed by atoms with Gasteiger partial charge in [0.1, 0.15) is 5.76 Å². The molecule has 5 nitrogen and oxygen atoms in total. The van der Waals surface area contributed by atoms with Gasteiger partial charge in [0.15, 0.2) is 0 Å². The van der Waals surface area contributed by atoms with E-state index in [9.17, 15) is 4.79 Å². The van der Waals surface area contributed by atoms with Crippen LogP contribution in [0.25, 0.3) is 10.9 Å². The summed E-state index contributed by atoms with van der Waals surface area (Å²) in [4.78, 5) is 19.7. The molecular formula is C21H22ClN3O2. The zero-order valence-electron chi connectivity index (χ0n) is 15.0. The molecule has 0 spiro atoms. The second kappa shape index (κ2) is 8.11. The van der Waals surface area contributed by atoms with Gasteiger partial charge in [-0.25, -0.2) is 0 Å². The minimum Gasteiger partial charge on any atom is -0.468 e. The standard InChI is InChI=1S/C21H22ClN3O2/c22-16-12-15-6-4-8-23-20(15)17(13-16)21(26)24-14-18(19-7-5-11-27-19)25-9-2-1-3-10-25/h4-8,11-13,18H,1-3,9-10,14H2,(H,24,26). The molecule has 1 unspecified atom stereocenters. The fourth-order valence-corrected chi connectivity index (χ4v) is 3.96. The smallest absolute Gasteiger partial charge is 0.253 e. The summed E-state index contributed by atoms with van der Waals surface area (Å²) >= 11 is 6.20. The number of nitrogens with zero attached hydrogens (tertiary/aromatic N) is 2. The van der Waals surface area contributed by atoms with E-state index in [0.717, 1.165) is 24.2 Å². The van der Waals surface area contributed by atoms with Crippen LogP contribution in [0.15, 0.2) is 53.3 Å². The Morgan fingerprint density at radius 1 is 1.22 bits per heavy atom. The van der Waals surface area contributed by atoms with E-state index in [1.165, 1.54) is 19.3 Å². The lowest BCUT2D eigenvalue weighted by atomic mass is 10.1.